The summed E-state index contributed by atoms with van der Waals surface area (Å²) in [6.45, 7) is 1.66. The van der Waals surface area contributed by atoms with Gasteiger partial charge in [0.2, 0.25) is 5.16 Å². The van der Waals surface area contributed by atoms with E-state index in [-0.39, 0.29) is 16.9 Å². The number of amides is 1. The summed E-state index contributed by atoms with van der Waals surface area (Å²) in [7, 11) is 0. The molecule has 0 fully saturated rings. The van der Waals surface area contributed by atoms with Gasteiger partial charge in [-0.05, 0) is 13.2 Å². The lowest BCUT2D eigenvalue weighted by molar-refractivity contribution is 0.230. The van der Waals surface area contributed by atoms with Crippen LogP contribution >= 0.6 is 35.0 Å². The van der Waals surface area contributed by atoms with Crippen LogP contribution in [0.15, 0.2) is 9.95 Å². The number of carbonyl (C=O) groups excluding carboxylic acids is 1. The summed E-state index contributed by atoms with van der Waals surface area (Å²) in [5.74, 6) is 5.66. The first-order valence-corrected chi connectivity index (χ1v) is 7.13. The van der Waals surface area contributed by atoms with Gasteiger partial charge < -0.3 is 11.2 Å². The number of nitrogens with two attached hydrogens (primary N) is 1. The number of nitrogen functional groups attached to an aromatic ring is 1. The third-order valence-corrected chi connectivity index (χ3v) is 3.98. The first-order valence-electron chi connectivity index (χ1n) is 4.84. The molecule has 1 rings (SSSR count). The molecule has 18 heavy (non-hydrogen) atoms. The molecule has 1 aromatic rings. The van der Waals surface area contributed by atoms with Crippen LogP contribution in [0.3, 0.4) is 0 Å². The van der Waals surface area contributed by atoms with Crippen molar-refractivity contribution in [2.75, 3.05) is 23.9 Å². The molecule has 1 heterocycles. The summed E-state index contributed by atoms with van der Waals surface area (Å²) in [6, 6.07) is -0.719. The van der Waals surface area contributed by atoms with Crippen LogP contribution in [0.2, 0.25) is 0 Å². The largest absolute Gasteiger partial charge is 0.374 e. The molecule has 7 nitrogen and oxygen atoms in total. The minimum absolute atomic E-state index is 0.107. The van der Waals surface area contributed by atoms with Crippen molar-refractivity contribution < 1.29 is 4.79 Å². The quantitative estimate of drug-likeness (QED) is 0.473. The molecule has 0 atom stereocenters. The topological polar surface area (TPSA) is 94.9 Å². The molecule has 0 saturated heterocycles. The summed E-state index contributed by atoms with van der Waals surface area (Å²) in [4.78, 5) is 23.5. The van der Waals surface area contributed by atoms with Crippen LogP contribution < -0.4 is 16.8 Å². The van der Waals surface area contributed by atoms with Gasteiger partial charge in [-0.25, -0.2) is 9.59 Å². The van der Waals surface area contributed by atoms with Gasteiger partial charge in [0.1, 0.15) is 0 Å². The predicted octanol–water partition coefficient (Wildman–Crippen LogP) is 0.274. The highest BCUT2D eigenvalue weighted by Crippen LogP contribution is 2.10. The van der Waals surface area contributed by atoms with Gasteiger partial charge in [-0.3, -0.25) is 0 Å². The SMILES string of the molecule is CSc1nn(C(=O)NC(C)(CCl)CCl)c(=O)n1N. The van der Waals surface area contributed by atoms with Gasteiger partial charge in [-0.1, -0.05) is 11.8 Å². The van der Waals surface area contributed by atoms with E-state index in [1.165, 1.54) is 0 Å². The van der Waals surface area contributed by atoms with Crippen molar-refractivity contribution >= 4 is 41.0 Å². The Labute approximate surface area is 118 Å². The second-order valence-electron chi connectivity index (χ2n) is 3.81. The molecule has 3 N–H and O–H groups in total. The van der Waals surface area contributed by atoms with Crippen LogP contribution in [0, 0.1) is 0 Å². The summed E-state index contributed by atoms with van der Waals surface area (Å²) in [5, 5.41) is 6.55. The van der Waals surface area contributed by atoms with E-state index in [0.29, 0.717) is 4.68 Å². The number of nitrogens with one attached hydrogen (secondary N) is 1. The van der Waals surface area contributed by atoms with E-state index in [1.807, 2.05) is 0 Å². The first-order chi connectivity index (χ1) is 8.38. The van der Waals surface area contributed by atoms with E-state index in [2.05, 4.69) is 10.4 Å². The molecule has 102 valence electrons. The van der Waals surface area contributed by atoms with E-state index in [1.54, 1.807) is 13.2 Å². The molecule has 0 unspecified atom stereocenters. The third-order valence-electron chi connectivity index (χ3n) is 2.15. The number of thioether (sulfide) groups is 1. The monoisotopic (exact) mass is 313 g/mol. The van der Waals surface area contributed by atoms with Crippen LogP contribution in [0.1, 0.15) is 6.92 Å². The van der Waals surface area contributed by atoms with Gasteiger partial charge >= 0.3 is 11.7 Å². The highest BCUT2D eigenvalue weighted by molar-refractivity contribution is 7.98. The molecule has 0 radical (unpaired) electrons. The number of carbonyl (C=O) groups is 1. The van der Waals surface area contributed by atoms with Gasteiger partial charge in [0.15, 0.2) is 0 Å². The van der Waals surface area contributed by atoms with E-state index < -0.39 is 17.3 Å². The van der Waals surface area contributed by atoms with E-state index in [9.17, 15) is 9.59 Å². The maximum absolute atomic E-state index is 11.9. The van der Waals surface area contributed by atoms with Crippen molar-refractivity contribution in [3.8, 4) is 0 Å². The maximum Gasteiger partial charge on any atom is 0.374 e. The number of aromatic nitrogens is 3. The van der Waals surface area contributed by atoms with E-state index >= 15 is 0 Å². The van der Waals surface area contributed by atoms with Crippen molar-refractivity contribution in [3.05, 3.63) is 10.5 Å². The summed E-state index contributed by atoms with van der Waals surface area (Å²) < 4.78 is 1.44. The zero-order valence-corrected chi connectivity index (χ0v) is 12.1. The fraction of sp³-hybridized carbons (Fsp3) is 0.625. The van der Waals surface area contributed by atoms with Gasteiger partial charge in [0, 0.05) is 11.8 Å². The van der Waals surface area contributed by atoms with Crippen molar-refractivity contribution in [2.45, 2.75) is 17.6 Å². The lowest BCUT2D eigenvalue weighted by atomic mass is 10.1. The summed E-state index contributed by atoms with van der Waals surface area (Å²) in [6.07, 6.45) is 1.69. The average molecular weight is 314 g/mol. The molecule has 0 spiro atoms. The van der Waals surface area contributed by atoms with Crippen molar-refractivity contribution in [3.63, 3.8) is 0 Å². The number of hydrogen-bond donors (Lipinski definition) is 2. The molecule has 0 aliphatic carbocycles. The van der Waals surface area contributed by atoms with Crippen LogP contribution in [0.5, 0.6) is 0 Å². The lowest BCUT2D eigenvalue weighted by Crippen LogP contribution is -2.52. The highest BCUT2D eigenvalue weighted by atomic mass is 35.5. The Hall–Kier alpha value is -0.860. The zero-order chi connectivity index (χ0) is 13.9. The van der Waals surface area contributed by atoms with Gasteiger partial charge in [0.05, 0.1) is 5.54 Å². The molecule has 0 aromatic carbocycles. The molecule has 0 aliphatic heterocycles. The fourth-order valence-corrected chi connectivity index (χ4v) is 1.90. The molecular weight excluding hydrogens is 301 g/mol. The van der Waals surface area contributed by atoms with Crippen LogP contribution in [-0.2, 0) is 0 Å². The van der Waals surface area contributed by atoms with Gasteiger partial charge in [0.25, 0.3) is 0 Å². The minimum Gasteiger partial charge on any atom is -0.333 e. The normalized spacial score (nSPS) is 11.6. The van der Waals surface area contributed by atoms with Gasteiger partial charge in [-0.2, -0.15) is 4.68 Å². The predicted molar refractivity (Wildman–Crippen MR) is 72.2 cm³/mol. The second kappa shape index (κ2) is 5.85. The number of halogens is 2. The van der Waals surface area contributed by atoms with E-state index in [0.717, 1.165) is 16.4 Å². The Kier molecular flexibility index (Phi) is 4.94. The highest BCUT2D eigenvalue weighted by Gasteiger charge is 2.27. The van der Waals surface area contributed by atoms with E-state index in [4.69, 9.17) is 29.0 Å². The average Bonchev–Trinajstić information content (AvgIpc) is 2.66. The smallest absolute Gasteiger partial charge is 0.333 e. The zero-order valence-electron chi connectivity index (χ0n) is 9.81. The summed E-state index contributed by atoms with van der Waals surface area (Å²) >= 11 is 12.6. The molecule has 1 amide bonds. The number of alkyl halides is 2. The Balaban J connectivity index is 3.02. The molecule has 0 saturated carbocycles. The molecule has 10 heteroatoms. The Bertz CT molecular complexity index is 496. The van der Waals surface area contributed by atoms with Crippen molar-refractivity contribution in [1.82, 2.24) is 19.8 Å². The van der Waals surface area contributed by atoms with Crippen LogP contribution in [0.4, 0.5) is 4.79 Å². The molecule has 0 bridgehead atoms. The number of rotatable bonds is 4. The van der Waals surface area contributed by atoms with Crippen LogP contribution in [0.25, 0.3) is 0 Å². The Morgan fingerprint density at radius 1 is 1.56 bits per heavy atom. The lowest BCUT2D eigenvalue weighted by Gasteiger charge is -2.25. The Morgan fingerprint density at radius 2 is 2.11 bits per heavy atom. The third kappa shape index (κ3) is 2.93. The minimum atomic E-state index is -0.822. The molecule has 1 aromatic heterocycles. The second-order valence-corrected chi connectivity index (χ2v) is 5.12. The van der Waals surface area contributed by atoms with Gasteiger partial charge in [-0.15, -0.1) is 33.0 Å². The van der Waals surface area contributed by atoms with Crippen molar-refractivity contribution in [1.29, 1.82) is 0 Å². The first kappa shape index (κ1) is 15.2. The Morgan fingerprint density at radius 3 is 2.50 bits per heavy atom. The number of hydrogen-bond acceptors (Lipinski definition) is 5. The number of nitrogens with zero attached hydrogens (tertiary/aromatic N) is 3. The standard InChI is InChI=1S/C8H13Cl2N5O2S/c1-8(3-9,4-10)12-5(16)15-7(17)14(11)6(13-15)18-2/h3-4,11H2,1-2H3,(H,12,16). The van der Waals surface area contributed by atoms with Crippen molar-refractivity contribution in [2.24, 2.45) is 0 Å². The van der Waals surface area contributed by atoms with Crippen LogP contribution in [-0.4, -0.2) is 44.0 Å². The molecular formula is C8H13Cl2N5O2S. The summed E-state index contributed by atoms with van der Waals surface area (Å²) in [5.41, 5.74) is -1.55. The fourth-order valence-electron chi connectivity index (χ4n) is 1.05. The molecule has 0 aliphatic rings. The maximum atomic E-state index is 11.9.